The fourth-order valence-corrected chi connectivity index (χ4v) is 1.71. The summed E-state index contributed by atoms with van der Waals surface area (Å²) in [6.07, 6.45) is 6.12. The van der Waals surface area contributed by atoms with Crippen LogP contribution in [-0.4, -0.2) is 0 Å². The molecule has 0 fully saturated rings. The third-order valence-corrected chi connectivity index (χ3v) is 2.55. The molecule has 1 heterocycles. The summed E-state index contributed by atoms with van der Waals surface area (Å²) in [6, 6.07) is 8.51. The van der Waals surface area contributed by atoms with Crippen LogP contribution >= 0.6 is 0 Å². The Morgan fingerprint density at radius 1 is 1.19 bits per heavy atom. The van der Waals surface area contributed by atoms with E-state index in [1.165, 1.54) is 12.0 Å². The van der Waals surface area contributed by atoms with Crippen LogP contribution in [0.2, 0.25) is 0 Å². The first-order valence-electron chi connectivity index (χ1n) is 5.70. The van der Waals surface area contributed by atoms with Gasteiger partial charge in [-0.25, -0.2) is 0 Å². The van der Waals surface area contributed by atoms with E-state index in [2.05, 4.69) is 36.9 Å². The molecule has 0 atom stereocenters. The molecule has 1 aromatic carbocycles. The topological polar surface area (TPSA) is 9.23 Å². The van der Waals surface area contributed by atoms with Gasteiger partial charge in [0.2, 0.25) is 0 Å². The van der Waals surface area contributed by atoms with Crippen molar-refractivity contribution in [1.29, 1.82) is 0 Å². The molecule has 1 aromatic rings. The Hall–Kier alpha value is -1.72. The minimum absolute atomic E-state index is 0.808. The highest BCUT2D eigenvalue weighted by Crippen LogP contribution is 2.21. The summed E-state index contributed by atoms with van der Waals surface area (Å²) in [5.41, 5.74) is 5.57. The van der Waals surface area contributed by atoms with Gasteiger partial charge in [0.1, 0.15) is 5.76 Å². The molecule has 0 radical (unpaired) electrons. The van der Waals surface area contributed by atoms with Crippen LogP contribution in [0.15, 0.2) is 47.9 Å². The lowest BCUT2D eigenvalue weighted by molar-refractivity contribution is 0.383. The highest BCUT2D eigenvalue weighted by molar-refractivity contribution is 5.61. The fraction of sp³-hybridized carbons (Fsp3) is 0.267. The van der Waals surface area contributed by atoms with E-state index < -0.39 is 0 Å². The van der Waals surface area contributed by atoms with Crippen LogP contribution in [0.1, 0.15) is 31.4 Å². The normalized spacial score (nSPS) is 14.1. The van der Waals surface area contributed by atoms with E-state index >= 15 is 0 Å². The Balaban J connectivity index is 2.20. The van der Waals surface area contributed by atoms with Crippen LogP contribution in [0.5, 0.6) is 0 Å². The Kier molecular flexibility index (Phi) is 3.28. The monoisotopic (exact) mass is 212 g/mol. The Morgan fingerprint density at radius 2 is 1.94 bits per heavy atom. The lowest BCUT2D eigenvalue weighted by Gasteiger charge is -2.10. The number of benzene rings is 1. The van der Waals surface area contributed by atoms with Crippen molar-refractivity contribution in [2.45, 2.75) is 26.7 Å². The Labute approximate surface area is 96.8 Å². The van der Waals surface area contributed by atoms with Crippen molar-refractivity contribution in [3.05, 3.63) is 59.0 Å². The molecule has 0 N–H and O–H groups in total. The average Bonchev–Trinajstić information content (AvgIpc) is 2.30. The third kappa shape index (κ3) is 2.44. The molecule has 1 nitrogen and oxygen atoms in total. The lowest BCUT2D eigenvalue weighted by atomic mass is 10.1. The third-order valence-electron chi connectivity index (χ3n) is 2.55. The van der Waals surface area contributed by atoms with Crippen molar-refractivity contribution in [3.63, 3.8) is 0 Å². The number of rotatable bonds is 3. The van der Waals surface area contributed by atoms with Gasteiger partial charge in [0.25, 0.3) is 0 Å². The van der Waals surface area contributed by atoms with Gasteiger partial charge in [-0.15, -0.1) is 0 Å². The summed E-state index contributed by atoms with van der Waals surface area (Å²) in [4.78, 5) is 0. The van der Waals surface area contributed by atoms with E-state index in [4.69, 9.17) is 4.74 Å². The van der Waals surface area contributed by atoms with Gasteiger partial charge in [0, 0.05) is 5.56 Å². The van der Waals surface area contributed by atoms with Gasteiger partial charge in [-0.1, -0.05) is 43.3 Å². The molecule has 0 saturated carbocycles. The number of hydrogen-bond donors (Lipinski definition) is 0. The Morgan fingerprint density at radius 3 is 2.56 bits per heavy atom. The first-order chi connectivity index (χ1) is 7.79. The van der Waals surface area contributed by atoms with E-state index in [0.717, 1.165) is 23.5 Å². The van der Waals surface area contributed by atoms with Crippen LogP contribution in [0.4, 0.5) is 0 Å². The maximum atomic E-state index is 5.61. The van der Waals surface area contributed by atoms with Gasteiger partial charge < -0.3 is 4.74 Å². The van der Waals surface area contributed by atoms with Crippen molar-refractivity contribution in [1.82, 2.24) is 0 Å². The molecule has 0 saturated heterocycles. The number of hydrogen-bond acceptors (Lipinski definition) is 1. The lowest BCUT2D eigenvalue weighted by Crippen LogP contribution is -1.93. The minimum Gasteiger partial charge on any atom is -0.453 e. The zero-order chi connectivity index (χ0) is 11.4. The van der Waals surface area contributed by atoms with E-state index in [1.54, 1.807) is 0 Å². The predicted octanol–water partition coefficient (Wildman–Crippen LogP) is 4.07. The molecule has 16 heavy (non-hydrogen) atoms. The van der Waals surface area contributed by atoms with Crippen LogP contribution < -0.4 is 0 Å². The second-order valence-corrected chi connectivity index (χ2v) is 3.97. The van der Waals surface area contributed by atoms with Gasteiger partial charge in [0.05, 0.1) is 0 Å². The van der Waals surface area contributed by atoms with Crippen LogP contribution in [-0.2, 0) is 11.2 Å². The van der Waals surface area contributed by atoms with Crippen molar-refractivity contribution in [3.8, 4) is 0 Å². The zero-order valence-corrected chi connectivity index (χ0v) is 9.79. The standard InChI is InChI=1S/C15H16O/c1-3-5-13-8-10-14(11-9-13)15-7-4-6-12(2)16-15/h4,6,8-11H,3,5H2,1-2H3. The van der Waals surface area contributed by atoms with Gasteiger partial charge in [0.15, 0.2) is 5.76 Å². The molecule has 1 heteroatoms. The number of allylic oxidation sites excluding steroid dienone is 3. The molecular formula is C15H16O. The molecule has 1 aliphatic heterocycles. The quantitative estimate of drug-likeness (QED) is 0.686. The smallest absolute Gasteiger partial charge is 0.176 e. The predicted molar refractivity (Wildman–Crippen MR) is 66.8 cm³/mol. The second kappa shape index (κ2) is 4.87. The summed E-state index contributed by atoms with van der Waals surface area (Å²) >= 11 is 0. The van der Waals surface area contributed by atoms with Crippen molar-refractivity contribution < 1.29 is 4.74 Å². The average molecular weight is 212 g/mol. The summed E-state index contributed by atoms with van der Waals surface area (Å²) in [7, 11) is 0. The van der Waals surface area contributed by atoms with Gasteiger partial charge in [-0.2, -0.15) is 0 Å². The summed E-state index contributed by atoms with van der Waals surface area (Å²) in [5, 5.41) is 0. The minimum atomic E-state index is 0.808. The largest absolute Gasteiger partial charge is 0.453 e. The summed E-state index contributed by atoms with van der Waals surface area (Å²) in [5.74, 6) is 1.72. The molecule has 0 spiro atoms. The molecular weight excluding hydrogens is 196 g/mol. The van der Waals surface area contributed by atoms with E-state index in [1.807, 2.05) is 19.1 Å². The maximum Gasteiger partial charge on any atom is 0.176 e. The first kappa shape index (κ1) is 10.8. The fourth-order valence-electron chi connectivity index (χ4n) is 1.71. The van der Waals surface area contributed by atoms with Crippen molar-refractivity contribution >= 4 is 5.76 Å². The zero-order valence-electron chi connectivity index (χ0n) is 9.79. The van der Waals surface area contributed by atoms with Gasteiger partial charge in [-0.3, -0.25) is 0 Å². The molecule has 82 valence electrons. The van der Waals surface area contributed by atoms with Crippen molar-refractivity contribution in [2.75, 3.05) is 0 Å². The molecule has 0 aromatic heterocycles. The number of ether oxygens (including phenoxy) is 1. The summed E-state index contributed by atoms with van der Waals surface area (Å²) < 4.78 is 5.61. The van der Waals surface area contributed by atoms with Crippen LogP contribution in [0.25, 0.3) is 5.76 Å². The number of aryl methyl sites for hydroxylation is 1. The molecule has 2 rings (SSSR count). The van der Waals surface area contributed by atoms with Crippen LogP contribution in [0.3, 0.4) is 0 Å². The highest BCUT2D eigenvalue weighted by atomic mass is 16.5. The van der Waals surface area contributed by atoms with Gasteiger partial charge >= 0.3 is 0 Å². The molecule has 0 aliphatic carbocycles. The van der Waals surface area contributed by atoms with E-state index in [0.29, 0.717) is 0 Å². The molecule has 0 unspecified atom stereocenters. The maximum absolute atomic E-state index is 5.61. The highest BCUT2D eigenvalue weighted by Gasteiger charge is 2.05. The van der Waals surface area contributed by atoms with Gasteiger partial charge in [-0.05, 0) is 31.1 Å². The first-order valence-corrected chi connectivity index (χ1v) is 5.70. The second-order valence-electron chi connectivity index (χ2n) is 3.97. The molecule has 0 bridgehead atoms. The molecule has 1 aliphatic rings. The van der Waals surface area contributed by atoms with Crippen LogP contribution in [0, 0.1) is 0 Å². The summed E-state index contributed by atoms with van der Waals surface area (Å²) in [6.45, 7) is 4.14. The molecule has 0 amide bonds. The SMILES string of the molecule is CCCc1ccc(C2=C=CC=C(C)O2)cc1. The Bertz CT molecular complexity index is 457. The van der Waals surface area contributed by atoms with Crippen molar-refractivity contribution in [2.24, 2.45) is 0 Å². The van der Waals surface area contributed by atoms with E-state index in [9.17, 15) is 0 Å². The van der Waals surface area contributed by atoms with E-state index in [-0.39, 0.29) is 0 Å².